The molecule has 0 saturated heterocycles. The van der Waals surface area contributed by atoms with Gasteiger partial charge in [0.1, 0.15) is 5.75 Å². The summed E-state index contributed by atoms with van der Waals surface area (Å²) in [6, 6.07) is 18.1. The second kappa shape index (κ2) is 6.85. The van der Waals surface area contributed by atoms with E-state index in [2.05, 4.69) is 17.2 Å². The number of aromatic nitrogens is 3. The molecule has 2 heterocycles. The summed E-state index contributed by atoms with van der Waals surface area (Å²) in [4.78, 5) is 17.8. The van der Waals surface area contributed by atoms with Crippen LogP contribution in [0.15, 0.2) is 60.8 Å². The van der Waals surface area contributed by atoms with E-state index in [4.69, 9.17) is 9.72 Å². The monoisotopic (exact) mass is 383 g/mol. The molecule has 5 rings (SSSR count). The molecule has 1 aliphatic carbocycles. The molecule has 0 saturated carbocycles. The predicted octanol–water partition coefficient (Wildman–Crippen LogP) is 4.63. The van der Waals surface area contributed by atoms with E-state index in [9.17, 15) is 4.79 Å². The number of nitrogens with zero attached hydrogens (tertiary/aromatic N) is 3. The first kappa shape index (κ1) is 17.6. The maximum absolute atomic E-state index is 12.9. The van der Waals surface area contributed by atoms with Crippen molar-refractivity contribution in [1.82, 2.24) is 14.6 Å². The normalized spacial score (nSPS) is 16.1. The van der Waals surface area contributed by atoms with E-state index in [0.717, 1.165) is 45.9 Å². The summed E-state index contributed by atoms with van der Waals surface area (Å²) >= 11 is 0. The Morgan fingerprint density at radius 3 is 2.52 bits per heavy atom. The predicted molar refractivity (Wildman–Crippen MR) is 112 cm³/mol. The third-order valence-corrected chi connectivity index (χ3v) is 5.68. The molecule has 5 nitrogen and oxygen atoms in total. The quantitative estimate of drug-likeness (QED) is 0.518. The van der Waals surface area contributed by atoms with Crippen LogP contribution in [-0.4, -0.2) is 27.5 Å². The molecule has 0 N–H and O–H groups in total. The van der Waals surface area contributed by atoms with E-state index < -0.39 is 0 Å². The molecule has 1 aliphatic rings. The molecule has 0 radical (unpaired) electrons. The SMILES string of the molecule is COc1ccc(C2CC(=O)c3cn4nc(C)c(-c5ccccc5)c4nc3C2)cc1. The first-order valence-electron chi connectivity index (χ1n) is 9.75. The van der Waals surface area contributed by atoms with Gasteiger partial charge in [-0.1, -0.05) is 42.5 Å². The lowest BCUT2D eigenvalue weighted by Crippen LogP contribution is -2.21. The fourth-order valence-electron chi connectivity index (χ4n) is 4.20. The van der Waals surface area contributed by atoms with Crippen LogP contribution in [0.25, 0.3) is 16.8 Å². The van der Waals surface area contributed by atoms with Crippen molar-refractivity contribution in [1.29, 1.82) is 0 Å². The van der Waals surface area contributed by atoms with Crippen molar-refractivity contribution in [2.24, 2.45) is 0 Å². The van der Waals surface area contributed by atoms with Crippen LogP contribution in [0.1, 0.15) is 39.6 Å². The molecule has 29 heavy (non-hydrogen) atoms. The summed E-state index contributed by atoms with van der Waals surface area (Å²) in [6.07, 6.45) is 3.07. The maximum Gasteiger partial charge on any atom is 0.166 e. The Balaban J connectivity index is 1.59. The van der Waals surface area contributed by atoms with Crippen molar-refractivity contribution >= 4 is 11.4 Å². The van der Waals surface area contributed by atoms with Gasteiger partial charge in [0.05, 0.1) is 24.1 Å². The van der Waals surface area contributed by atoms with E-state index in [1.165, 1.54) is 0 Å². The second-order valence-electron chi connectivity index (χ2n) is 7.50. The average Bonchev–Trinajstić information content (AvgIpc) is 3.07. The van der Waals surface area contributed by atoms with Crippen LogP contribution in [0, 0.1) is 6.92 Å². The number of hydrogen-bond donors (Lipinski definition) is 0. The van der Waals surface area contributed by atoms with Crippen LogP contribution in [0.3, 0.4) is 0 Å². The molecule has 144 valence electrons. The molecule has 0 fully saturated rings. The molecule has 4 aromatic rings. The molecule has 2 aromatic carbocycles. The molecule has 5 heteroatoms. The highest BCUT2D eigenvalue weighted by molar-refractivity contribution is 5.99. The standard InChI is InChI=1S/C24H21N3O2/c1-15-23(17-6-4-3-5-7-17)24-25-21-12-18(16-8-10-19(29-2)11-9-16)13-22(28)20(21)14-27(24)26-15/h3-11,14,18H,12-13H2,1-2H3. The number of carbonyl (C=O) groups is 1. The van der Waals surface area contributed by atoms with Crippen LogP contribution in [0.5, 0.6) is 5.75 Å². The van der Waals surface area contributed by atoms with E-state index in [1.54, 1.807) is 11.6 Å². The summed E-state index contributed by atoms with van der Waals surface area (Å²) in [6.45, 7) is 1.98. The zero-order chi connectivity index (χ0) is 20.0. The van der Waals surface area contributed by atoms with Crippen molar-refractivity contribution in [3.63, 3.8) is 0 Å². The van der Waals surface area contributed by atoms with E-state index in [1.807, 2.05) is 55.6 Å². The van der Waals surface area contributed by atoms with Gasteiger partial charge in [0.25, 0.3) is 0 Å². The van der Waals surface area contributed by atoms with Crippen molar-refractivity contribution < 1.29 is 9.53 Å². The van der Waals surface area contributed by atoms with Crippen molar-refractivity contribution in [2.45, 2.75) is 25.7 Å². The molecular formula is C24H21N3O2. The number of methoxy groups -OCH3 is 1. The highest BCUT2D eigenvalue weighted by Gasteiger charge is 2.29. The van der Waals surface area contributed by atoms with E-state index in [-0.39, 0.29) is 11.7 Å². The zero-order valence-corrected chi connectivity index (χ0v) is 16.4. The van der Waals surface area contributed by atoms with Crippen LogP contribution >= 0.6 is 0 Å². The fourth-order valence-corrected chi connectivity index (χ4v) is 4.20. The van der Waals surface area contributed by atoms with Crippen LogP contribution < -0.4 is 4.74 Å². The molecule has 0 bridgehead atoms. The number of fused-ring (bicyclic) bond motifs is 2. The summed E-state index contributed by atoms with van der Waals surface area (Å²) in [5.41, 5.74) is 6.49. The van der Waals surface area contributed by atoms with Crippen LogP contribution in [0.4, 0.5) is 0 Å². The molecule has 2 aromatic heterocycles. The number of ether oxygens (including phenoxy) is 1. The van der Waals surface area contributed by atoms with E-state index >= 15 is 0 Å². The van der Waals surface area contributed by atoms with Gasteiger partial charge in [0, 0.05) is 18.2 Å². The number of hydrogen-bond acceptors (Lipinski definition) is 4. The largest absolute Gasteiger partial charge is 0.497 e. The minimum Gasteiger partial charge on any atom is -0.497 e. The average molecular weight is 383 g/mol. The zero-order valence-electron chi connectivity index (χ0n) is 16.4. The second-order valence-corrected chi connectivity index (χ2v) is 7.50. The minimum atomic E-state index is 0.121. The smallest absolute Gasteiger partial charge is 0.166 e. The summed E-state index contributed by atoms with van der Waals surface area (Å²) in [5, 5.41) is 4.62. The third kappa shape index (κ3) is 2.99. The Kier molecular flexibility index (Phi) is 4.16. The highest BCUT2D eigenvalue weighted by Crippen LogP contribution is 2.34. The van der Waals surface area contributed by atoms with E-state index in [0.29, 0.717) is 12.0 Å². The van der Waals surface area contributed by atoms with Gasteiger partial charge in [-0.25, -0.2) is 9.50 Å². The van der Waals surface area contributed by atoms with Gasteiger partial charge in [-0.2, -0.15) is 5.10 Å². The Morgan fingerprint density at radius 2 is 1.79 bits per heavy atom. The van der Waals surface area contributed by atoms with Gasteiger partial charge in [0.15, 0.2) is 11.4 Å². The first-order valence-corrected chi connectivity index (χ1v) is 9.75. The molecule has 0 amide bonds. The number of benzene rings is 2. The summed E-state index contributed by atoms with van der Waals surface area (Å²) < 4.78 is 7.00. The lowest BCUT2D eigenvalue weighted by molar-refractivity contribution is 0.0962. The van der Waals surface area contributed by atoms with Crippen LogP contribution in [-0.2, 0) is 6.42 Å². The molecule has 1 unspecified atom stereocenters. The highest BCUT2D eigenvalue weighted by atomic mass is 16.5. The number of rotatable bonds is 3. The first-order chi connectivity index (χ1) is 14.1. The molecule has 1 atom stereocenters. The maximum atomic E-state index is 12.9. The molecule has 0 aliphatic heterocycles. The van der Waals surface area contributed by atoms with Gasteiger partial charge in [-0.3, -0.25) is 4.79 Å². The summed E-state index contributed by atoms with van der Waals surface area (Å²) in [5.74, 6) is 1.06. The molecular weight excluding hydrogens is 362 g/mol. The Hall–Kier alpha value is -3.47. The number of Topliss-reactive ketones (excluding diaryl/α,β-unsaturated/α-hetero) is 1. The Labute approximate surface area is 169 Å². The third-order valence-electron chi connectivity index (χ3n) is 5.68. The van der Waals surface area contributed by atoms with Gasteiger partial charge < -0.3 is 4.74 Å². The number of aryl methyl sites for hydroxylation is 1. The lowest BCUT2D eigenvalue weighted by atomic mass is 9.82. The topological polar surface area (TPSA) is 56.5 Å². The molecule has 0 spiro atoms. The number of ketones is 1. The van der Waals surface area contributed by atoms with Gasteiger partial charge in [-0.15, -0.1) is 0 Å². The minimum absolute atomic E-state index is 0.121. The van der Waals surface area contributed by atoms with Crippen molar-refractivity contribution in [3.8, 4) is 16.9 Å². The summed E-state index contributed by atoms with van der Waals surface area (Å²) in [7, 11) is 1.66. The Bertz CT molecular complexity index is 1210. The van der Waals surface area contributed by atoms with Gasteiger partial charge in [-0.05, 0) is 42.5 Å². The number of carbonyl (C=O) groups excluding carboxylic acids is 1. The van der Waals surface area contributed by atoms with Gasteiger partial charge in [0.2, 0.25) is 0 Å². The lowest BCUT2D eigenvalue weighted by Gasteiger charge is -2.23. The fraction of sp³-hybridized carbons (Fsp3) is 0.208. The van der Waals surface area contributed by atoms with Gasteiger partial charge >= 0.3 is 0 Å². The Morgan fingerprint density at radius 1 is 1.03 bits per heavy atom. The van der Waals surface area contributed by atoms with Crippen molar-refractivity contribution in [2.75, 3.05) is 7.11 Å². The van der Waals surface area contributed by atoms with Crippen molar-refractivity contribution in [3.05, 3.63) is 83.3 Å². The van der Waals surface area contributed by atoms with Crippen LogP contribution in [0.2, 0.25) is 0 Å².